The first-order chi connectivity index (χ1) is 10.5. The Morgan fingerprint density at radius 1 is 1.05 bits per heavy atom. The number of ether oxygens (including phenoxy) is 2. The molecular formula is C14H19N5O3. The molecule has 1 aromatic heterocycles. The maximum Gasteiger partial charge on any atom is 0.412 e. The van der Waals surface area contributed by atoms with Crippen LogP contribution >= 0.6 is 0 Å². The van der Waals surface area contributed by atoms with E-state index in [1.165, 1.54) is 13.2 Å². The predicted molar refractivity (Wildman–Crippen MR) is 86.5 cm³/mol. The average Bonchev–Trinajstić information content (AvgIpc) is 2.52. The van der Waals surface area contributed by atoms with E-state index in [0.717, 1.165) is 5.75 Å². The molecule has 0 radical (unpaired) electrons. The van der Waals surface area contributed by atoms with Crippen molar-refractivity contribution >= 4 is 29.1 Å². The summed E-state index contributed by atoms with van der Waals surface area (Å²) in [4.78, 5) is 14.5. The molecule has 8 nitrogen and oxygen atoms in total. The van der Waals surface area contributed by atoms with Crippen molar-refractivity contribution in [1.29, 1.82) is 0 Å². The van der Waals surface area contributed by atoms with Crippen LogP contribution in [0.15, 0.2) is 36.4 Å². The Balaban J connectivity index is 0.000000235. The fourth-order valence-electron chi connectivity index (χ4n) is 1.38. The summed E-state index contributed by atoms with van der Waals surface area (Å²) in [5.74, 6) is 1.21. The van der Waals surface area contributed by atoms with E-state index in [2.05, 4.69) is 15.0 Å². The number of hydrogen-bond acceptors (Lipinski definition) is 7. The Hall–Kier alpha value is -3.16. The summed E-state index contributed by atoms with van der Waals surface area (Å²) in [7, 11) is 2.86. The molecule has 0 spiro atoms. The zero-order valence-electron chi connectivity index (χ0n) is 12.4. The molecule has 118 valence electrons. The number of hydrogen-bond donors (Lipinski definition) is 4. The fourth-order valence-corrected chi connectivity index (χ4v) is 1.38. The molecule has 0 aliphatic heterocycles. The standard InChI is InChI=1S/C7H10N4O2.C7H9NO/c1-13-7(12)11-5-3-2-4(8)6(9)10-5;1-9-7-5-3-2-4-6(7)8/h2-3H,8H2,1H3,(H3,9,10,11,12);2-5H,8H2,1H3. The van der Waals surface area contributed by atoms with Gasteiger partial charge < -0.3 is 26.7 Å². The molecule has 1 aromatic carbocycles. The SMILES string of the molecule is COC(=O)Nc1ccc(N)c(N)n1.COc1ccccc1N. The van der Waals surface area contributed by atoms with Gasteiger partial charge in [-0.2, -0.15) is 0 Å². The van der Waals surface area contributed by atoms with Crippen LogP contribution < -0.4 is 27.3 Å². The summed E-state index contributed by atoms with van der Waals surface area (Å²) in [5, 5.41) is 2.35. The van der Waals surface area contributed by atoms with Crippen molar-refractivity contribution in [2.24, 2.45) is 0 Å². The monoisotopic (exact) mass is 305 g/mol. The topological polar surface area (TPSA) is 139 Å². The Bertz CT molecular complexity index is 634. The first kappa shape index (κ1) is 16.9. The third-order valence-corrected chi connectivity index (χ3v) is 2.51. The molecule has 0 saturated heterocycles. The number of methoxy groups -OCH3 is 2. The summed E-state index contributed by atoms with van der Waals surface area (Å²) in [6, 6.07) is 10.5. The van der Waals surface area contributed by atoms with E-state index < -0.39 is 6.09 Å². The second-order valence-corrected chi connectivity index (χ2v) is 4.03. The molecule has 2 rings (SSSR count). The van der Waals surface area contributed by atoms with E-state index in [1.54, 1.807) is 19.2 Å². The molecule has 0 aliphatic rings. The molecular weight excluding hydrogens is 286 g/mol. The van der Waals surface area contributed by atoms with Gasteiger partial charge in [0, 0.05) is 0 Å². The minimum atomic E-state index is -0.600. The summed E-state index contributed by atoms with van der Waals surface area (Å²) in [5.41, 5.74) is 17.4. The lowest BCUT2D eigenvalue weighted by atomic mass is 10.3. The van der Waals surface area contributed by atoms with Gasteiger partial charge in [0.15, 0.2) is 0 Å². The Kier molecular flexibility index (Phi) is 6.30. The molecule has 7 N–H and O–H groups in total. The second kappa shape index (κ2) is 8.20. The van der Waals surface area contributed by atoms with Crippen LogP contribution in [-0.2, 0) is 4.74 Å². The number of nitrogens with zero attached hydrogens (tertiary/aromatic N) is 1. The Morgan fingerprint density at radius 3 is 2.23 bits per heavy atom. The minimum Gasteiger partial charge on any atom is -0.495 e. The highest BCUT2D eigenvalue weighted by molar-refractivity contribution is 5.83. The van der Waals surface area contributed by atoms with Crippen LogP contribution in [0.2, 0.25) is 0 Å². The van der Waals surface area contributed by atoms with Crippen molar-refractivity contribution in [3.05, 3.63) is 36.4 Å². The first-order valence-electron chi connectivity index (χ1n) is 6.23. The molecule has 1 heterocycles. The Labute approximate surface area is 128 Å². The van der Waals surface area contributed by atoms with E-state index in [9.17, 15) is 4.79 Å². The van der Waals surface area contributed by atoms with Gasteiger partial charge in [-0.1, -0.05) is 12.1 Å². The number of benzene rings is 1. The number of nitrogens with one attached hydrogen (secondary N) is 1. The van der Waals surface area contributed by atoms with Crippen LogP contribution in [0, 0.1) is 0 Å². The van der Waals surface area contributed by atoms with E-state index in [0.29, 0.717) is 17.2 Å². The van der Waals surface area contributed by atoms with Gasteiger partial charge in [-0.3, -0.25) is 5.32 Å². The average molecular weight is 305 g/mol. The van der Waals surface area contributed by atoms with Crippen LogP contribution in [-0.4, -0.2) is 25.3 Å². The number of aromatic nitrogens is 1. The number of anilines is 4. The van der Waals surface area contributed by atoms with Crippen LogP contribution in [0.1, 0.15) is 0 Å². The number of para-hydroxylation sites is 2. The molecule has 0 saturated carbocycles. The predicted octanol–water partition coefficient (Wildman–Crippen LogP) is 1.70. The third kappa shape index (κ3) is 5.08. The highest BCUT2D eigenvalue weighted by atomic mass is 16.5. The third-order valence-electron chi connectivity index (χ3n) is 2.51. The molecule has 0 unspecified atom stereocenters. The number of amides is 1. The summed E-state index contributed by atoms with van der Waals surface area (Å²) >= 11 is 0. The van der Waals surface area contributed by atoms with Gasteiger partial charge in [0.25, 0.3) is 0 Å². The maximum atomic E-state index is 10.7. The lowest BCUT2D eigenvalue weighted by Crippen LogP contribution is -2.12. The number of rotatable bonds is 2. The highest BCUT2D eigenvalue weighted by Crippen LogP contribution is 2.18. The van der Waals surface area contributed by atoms with E-state index in [1.807, 2.05) is 18.2 Å². The Morgan fingerprint density at radius 2 is 1.73 bits per heavy atom. The molecule has 0 bridgehead atoms. The molecule has 0 aliphatic carbocycles. The van der Waals surface area contributed by atoms with Gasteiger partial charge >= 0.3 is 6.09 Å². The van der Waals surface area contributed by atoms with Crippen LogP contribution in [0.5, 0.6) is 5.75 Å². The number of pyridine rings is 1. The summed E-state index contributed by atoms with van der Waals surface area (Å²) in [6.45, 7) is 0. The van der Waals surface area contributed by atoms with Crippen molar-refractivity contribution < 1.29 is 14.3 Å². The number of nitrogen functional groups attached to an aromatic ring is 3. The van der Waals surface area contributed by atoms with Gasteiger partial charge in [-0.05, 0) is 24.3 Å². The normalized spacial score (nSPS) is 9.18. The van der Waals surface area contributed by atoms with E-state index >= 15 is 0 Å². The van der Waals surface area contributed by atoms with Gasteiger partial charge in [0.2, 0.25) is 0 Å². The number of carbonyl (C=O) groups excluding carboxylic acids is 1. The lowest BCUT2D eigenvalue weighted by molar-refractivity contribution is 0.187. The zero-order chi connectivity index (χ0) is 16.5. The molecule has 8 heteroatoms. The number of nitrogens with two attached hydrogens (primary N) is 3. The molecule has 1 amide bonds. The van der Waals surface area contributed by atoms with E-state index in [4.69, 9.17) is 21.9 Å². The summed E-state index contributed by atoms with van der Waals surface area (Å²) < 4.78 is 9.28. The number of carbonyl (C=O) groups is 1. The lowest BCUT2D eigenvalue weighted by Gasteiger charge is -2.04. The largest absolute Gasteiger partial charge is 0.495 e. The maximum absolute atomic E-state index is 10.7. The van der Waals surface area contributed by atoms with Gasteiger partial charge in [0.05, 0.1) is 25.6 Å². The van der Waals surface area contributed by atoms with Crippen molar-refractivity contribution in [3.8, 4) is 5.75 Å². The first-order valence-corrected chi connectivity index (χ1v) is 6.23. The van der Waals surface area contributed by atoms with E-state index in [-0.39, 0.29) is 5.82 Å². The summed E-state index contributed by atoms with van der Waals surface area (Å²) in [6.07, 6.45) is -0.600. The molecule has 0 atom stereocenters. The molecule has 22 heavy (non-hydrogen) atoms. The smallest absolute Gasteiger partial charge is 0.412 e. The van der Waals surface area contributed by atoms with Crippen molar-refractivity contribution in [2.45, 2.75) is 0 Å². The van der Waals surface area contributed by atoms with Crippen molar-refractivity contribution in [2.75, 3.05) is 36.7 Å². The molecule has 2 aromatic rings. The molecule has 0 fully saturated rings. The van der Waals surface area contributed by atoms with Crippen molar-refractivity contribution in [3.63, 3.8) is 0 Å². The van der Waals surface area contributed by atoms with Gasteiger partial charge in [-0.25, -0.2) is 9.78 Å². The van der Waals surface area contributed by atoms with Gasteiger partial charge in [0.1, 0.15) is 17.4 Å². The van der Waals surface area contributed by atoms with Gasteiger partial charge in [-0.15, -0.1) is 0 Å². The second-order valence-electron chi connectivity index (χ2n) is 4.03. The van der Waals surface area contributed by atoms with Crippen LogP contribution in [0.25, 0.3) is 0 Å². The van der Waals surface area contributed by atoms with Crippen LogP contribution in [0.4, 0.5) is 27.8 Å². The van der Waals surface area contributed by atoms with Crippen molar-refractivity contribution in [1.82, 2.24) is 4.98 Å². The van der Waals surface area contributed by atoms with Crippen LogP contribution in [0.3, 0.4) is 0 Å². The zero-order valence-corrected chi connectivity index (χ0v) is 12.4. The quantitative estimate of drug-likeness (QED) is 0.619. The minimum absolute atomic E-state index is 0.175. The fraction of sp³-hybridized carbons (Fsp3) is 0.143. The highest BCUT2D eigenvalue weighted by Gasteiger charge is 2.03.